The van der Waals surface area contributed by atoms with E-state index < -0.39 is 0 Å². The van der Waals surface area contributed by atoms with Gasteiger partial charge in [-0.1, -0.05) is 46.5 Å². The molecule has 0 N–H and O–H groups in total. The van der Waals surface area contributed by atoms with Gasteiger partial charge in [0.15, 0.2) is 8.29 Å². The van der Waals surface area contributed by atoms with E-state index >= 15 is 0 Å². The van der Waals surface area contributed by atoms with Gasteiger partial charge in [-0.3, -0.25) is 0 Å². The lowest BCUT2D eigenvalue weighted by Crippen LogP contribution is -1.95. The maximum absolute atomic E-state index is 5.40. The van der Waals surface area contributed by atoms with Crippen LogP contribution in [-0.4, -0.2) is 14.9 Å². The van der Waals surface area contributed by atoms with Crippen molar-refractivity contribution in [2.75, 3.05) is 0 Å². The summed E-state index contributed by atoms with van der Waals surface area (Å²) in [5.41, 5.74) is 3.06. The number of hydrogen-bond donors (Lipinski definition) is 0. The normalized spacial score (nSPS) is 11.0. The summed E-state index contributed by atoms with van der Waals surface area (Å²) in [5, 5.41) is 8.55. The number of hydrogen-bond acceptors (Lipinski definition) is 6. The highest BCUT2D eigenvalue weighted by Crippen LogP contribution is 2.29. The summed E-state index contributed by atoms with van der Waals surface area (Å²) in [6.07, 6.45) is 0. The Labute approximate surface area is 135 Å². The Morgan fingerprint density at radius 3 is 2.71 bits per heavy atom. The Bertz CT molecular complexity index is 785. The third-order valence-corrected chi connectivity index (χ3v) is 5.44. The van der Waals surface area contributed by atoms with Crippen molar-refractivity contribution in [2.24, 2.45) is 0 Å². The lowest BCUT2D eigenvalue weighted by molar-refractivity contribution is 0.392. The van der Waals surface area contributed by atoms with Crippen LogP contribution in [0, 0.1) is 17.8 Å². The highest BCUT2D eigenvalue weighted by atomic mass is 32.2. The Morgan fingerprint density at radius 1 is 1.29 bits per heavy atom. The van der Waals surface area contributed by atoms with Crippen molar-refractivity contribution in [2.45, 2.75) is 23.9 Å². The molecule has 0 saturated heterocycles. The van der Waals surface area contributed by atoms with Gasteiger partial charge in [0, 0.05) is 11.3 Å². The summed E-state index contributed by atoms with van der Waals surface area (Å²) in [7, 11) is 0. The van der Waals surface area contributed by atoms with E-state index in [0.717, 1.165) is 36.8 Å². The molecule has 21 heavy (non-hydrogen) atoms. The number of rotatable bonds is 4. The second-order valence-corrected chi connectivity index (χ2v) is 7.32. The first-order valence-electron chi connectivity index (χ1n) is 6.35. The molecule has 0 saturated carbocycles. The average Bonchev–Trinajstić information content (AvgIpc) is 3.01. The molecule has 3 rings (SSSR count). The topological polar surface area (TPSA) is 43.9 Å². The van der Waals surface area contributed by atoms with Crippen LogP contribution in [0.25, 0.3) is 5.69 Å². The summed E-state index contributed by atoms with van der Waals surface area (Å²) < 4.78 is 8.68. The Balaban J connectivity index is 1.81. The van der Waals surface area contributed by atoms with Crippen molar-refractivity contribution in [3.63, 3.8) is 0 Å². The second kappa shape index (κ2) is 6.13. The molecule has 0 aliphatic heterocycles. The monoisotopic (exact) mass is 335 g/mol. The first-order chi connectivity index (χ1) is 10.1. The van der Waals surface area contributed by atoms with Crippen LogP contribution >= 0.6 is 35.3 Å². The number of benzene rings is 1. The van der Waals surface area contributed by atoms with Crippen LogP contribution in [0.15, 0.2) is 39.2 Å². The molecule has 3 aromatic rings. The molecule has 2 heterocycles. The minimum Gasteiger partial charge on any atom is -0.361 e. The molecule has 7 heteroatoms. The Hall–Kier alpha value is -1.44. The summed E-state index contributed by atoms with van der Waals surface area (Å²) >= 11 is 8.57. The molecule has 0 aliphatic rings. The van der Waals surface area contributed by atoms with Crippen molar-refractivity contribution in [1.29, 1.82) is 0 Å². The van der Waals surface area contributed by atoms with Gasteiger partial charge in [0.25, 0.3) is 0 Å². The molecule has 0 aliphatic carbocycles. The number of nitrogens with zero attached hydrogens (tertiary/aromatic N) is 3. The molecule has 0 radical (unpaired) electrons. The van der Waals surface area contributed by atoms with E-state index in [9.17, 15) is 0 Å². The standard InChI is InChI=1S/C14H13N3OS3/c1-9-12(10(2)18-16-9)8-20-13-15-17(14(19)21-13)11-6-4-3-5-7-11/h3-7H,8H2,1-2H3. The van der Waals surface area contributed by atoms with Gasteiger partial charge in [-0.15, -0.1) is 5.10 Å². The molecule has 2 aromatic heterocycles. The molecular weight excluding hydrogens is 322 g/mol. The van der Waals surface area contributed by atoms with Gasteiger partial charge in [-0.25, -0.2) is 4.68 Å². The van der Waals surface area contributed by atoms with E-state index in [1.807, 2.05) is 44.2 Å². The molecule has 0 bridgehead atoms. The number of thioether (sulfide) groups is 1. The van der Waals surface area contributed by atoms with Crippen molar-refractivity contribution in [1.82, 2.24) is 14.9 Å². The zero-order chi connectivity index (χ0) is 14.8. The van der Waals surface area contributed by atoms with E-state index in [2.05, 4.69) is 10.3 Å². The molecule has 0 amide bonds. The predicted octanol–water partition coefficient (Wildman–Crippen LogP) is 4.56. The predicted molar refractivity (Wildman–Crippen MR) is 87.8 cm³/mol. The van der Waals surface area contributed by atoms with Crippen LogP contribution in [0.5, 0.6) is 0 Å². The van der Waals surface area contributed by atoms with E-state index in [0.29, 0.717) is 0 Å². The molecule has 0 atom stereocenters. The minimum absolute atomic E-state index is 0.752. The van der Waals surface area contributed by atoms with Crippen molar-refractivity contribution in [3.05, 3.63) is 51.3 Å². The van der Waals surface area contributed by atoms with Gasteiger partial charge in [0.1, 0.15) is 5.76 Å². The molecule has 108 valence electrons. The van der Waals surface area contributed by atoms with E-state index in [4.69, 9.17) is 16.7 Å². The highest BCUT2D eigenvalue weighted by Gasteiger charge is 2.12. The Kier molecular flexibility index (Phi) is 4.23. The first-order valence-corrected chi connectivity index (χ1v) is 8.56. The third-order valence-electron chi connectivity index (χ3n) is 3.05. The van der Waals surface area contributed by atoms with Crippen molar-refractivity contribution < 1.29 is 4.52 Å². The van der Waals surface area contributed by atoms with Gasteiger partial charge in [0.05, 0.1) is 11.4 Å². The maximum atomic E-state index is 5.40. The summed E-state index contributed by atoms with van der Waals surface area (Å²) in [4.78, 5) is 0. The van der Waals surface area contributed by atoms with Crippen LogP contribution in [-0.2, 0) is 5.75 Å². The fraction of sp³-hybridized carbons (Fsp3) is 0.214. The van der Waals surface area contributed by atoms with Crippen LogP contribution in [0.3, 0.4) is 0 Å². The number of para-hydroxylation sites is 1. The molecule has 4 nitrogen and oxygen atoms in total. The number of aryl methyl sites for hydroxylation is 2. The van der Waals surface area contributed by atoms with Gasteiger partial charge >= 0.3 is 0 Å². The third kappa shape index (κ3) is 3.09. The number of aromatic nitrogens is 3. The largest absolute Gasteiger partial charge is 0.361 e. The molecule has 0 fully saturated rings. The molecule has 0 unspecified atom stereocenters. The van der Waals surface area contributed by atoms with Crippen LogP contribution in [0.2, 0.25) is 0 Å². The van der Waals surface area contributed by atoms with E-state index in [1.54, 1.807) is 16.4 Å². The smallest absolute Gasteiger partial charge is 0.184 e. The molecule has 1 aromatic carbocycles. The highest BCUT2D eigenvalue weighted by molar-refractivity contribution is 8.00. The lowest BCUT2D eigenvalue weighted by atomic mass is 10.2. The second-order valence-electron chi connectivity index (χ2n) is 4.47. The maximum Gasteiger partial charge on any atom is 0.184 e. The first kappa shape index (κ1) is 14.5. The zero-order valence-electron chi connectivity index (χ0n) is 11.6. The summed E-state index contributed by atoms with van der Waals surface area (Å²) in [5.74, 6) is 1.66. The van der Waals surface area contributed by atoms with Gasteiger partial charge in [-0.05, 0) is 38.2 Å². The minimum atomic E-state index is 0.752. The Morgan fingerprint density at radius 2 is 2.05 bits per heavy atom. The SMILES string of the molecule is Cc1noc(C)c1CSc1nn(-c2ccccc2)c(=S)s1. The van der Waals surface area contributed by atoms with E-state index in [-0.39, 0.29) is 0 Å². The lowest BCUT2D eigenvalue weighted by Gasteiger charge is -1.99. The average molecular weight is 335 g/mol. The fourth-order valence-corrected chi connectivity index (χ4v) is 4.41. The molecule has 0 spiro atoms. The van der Waals surface area contributed by atoms with Crippen LogP contribution in [0.1, 0.15) is 17.0 Å². The van der Waals surface area contributed by atoms with Gasteiger partial charge < -0.3 is 4.52 Å². The van der Waals surface area contributed by atoms with Crippen molar-refractivity contribution in [3.8, 4) is 5.69 Å². The van der Waals surface area contributed by atoms with Crippen LogP contribution < -0.4 is 0 Å². The molecular formula is C14H13N3OS3. The quantitative estimate of drug-likeness (QED) is 0.516. The summed E-state index contributed by atoms with van der Waals surface area (Å²) in [6, 6.07) is 9.93. The van der Waals surface area contributed by atoms with E-state index in [1.165, 1.54) is 11.3 Å². The fourth-order valence-electron chi connectivity index (χ4n) is 1.89. The van der Waals surface area contributed by atoms with Crippen LogP contribution in [0.4, 0.5) is 0 Å². The van der Waals surface area contributed by atoms with Gasteiger partial charge in [0.2, 0.25) is 0 Å². The summed E-state index contributed by atoms with van der Waals surface area (Å²) in [6.45, 7) is 3.89. The zero-order valence-corrected chi connectivity index (χ0v) is 14.0. The van der Waals surface area contributed by atoms with Gasteiger partial charge in [-0.2, -0.15) is 0 Å². The van der Waals surface area contributed by atoms with Crippen molar-refractivity contribution >= 4 is 35.3 Å².